The molecule has 0 saturated carbocycles. The van der Waals surface area contributed by atoms with Crippen molar-refractivity contribution >= 4 is 50.6 Å². The van der Waals surface area contributed by atoms with Crippen LogP contribution in [0.15, 0.2) is 35.6 Å². The number of aryl methyl sites for hydroxylation is 2. The first-order chi connectivity index (χ1) is 13.5. The molecule has 2 aromatic heterocycles. The number of amides is 1. The molecule has 3 aromatic rings. The molecule has 4 rings (SSSR count). The summed E-state index contributed by atoms with van der Waals surface area (Å²) >= 11 is 3.16. The molecule has 1 aromatic carbocycles. The number of benzene rings is 1. The van der Waals surface area contributed by atoms with Crippen LogP contribution in [0.1, 0.15) is 30.2 Å². The Kier molecular flexibility index (Phi) is 5.27. The zero-order chi connectivity index (χ0) is 19.7. The van der Waals surface area contributed by atoms with E-state index in [2.05, 4.69) is 15.3 Å². The van der Waals surface area contributed by atoms with Crippen molar-refractivity contribution in [3.8, 4) is 0 Å². The molecule has 28 heavy (non-hydrogen) atoms. The molecule has 0 aliphatic heterocycles. The number of nitrogens with one attached hydrogen (secondary N) is 1. The third-order valence-corrected chi connectivity index (χ3v) is 7.02. The number of aromatic nitrogens is 2. The Bertz CT molecular complexity index is 1050. The van der Waals surface area contributed by atoms with Gasteiger partial charge < -0.3 is 5.32 Å². The van der Waals surface area contributed by atoms with Crippen LogP contribution in [0.3, 0.4) is 0 Å². The summed E-state index contributed by atoms with van der Waals surface area (Å²) in [6.45, 7) is 1.83. The van der Waals surface area contributed by atoms with E-state index in [0.29, 0.717) is 5.69 Å². The summed E-state index contributed by atoms with van der Waals surface area (Å²) in [5, 5.41) is 15.1. The Morgan fingerprint density at radius 1 is 1.25 bits per heavy atom. The Labute approximate surface area is 169 Å². The molecule has 144 valence electrons. The van der Waals surface area contributed by atoms with E-state index in [1.807, 2.05) is 6.92 Å². The molecule has 0 bridgehead atoms. The SMILES string of the molecule is CC(Sc1ncnc2sc3c(c12)CCCC3)C(=O)Nc1ccc([N+](=O)[O-])cc1. The molecule has 7 nitrogen and oxygen atoms in total. The second-order valence-corrected chi connectivity index (χ2v) is 9.04. The van der Waals surface area contributed by atoms with E-state index in [1.54, 1.807) is 17.7 Å². The number of hydrogen-bond donors (Lipinski definition) is 1. The van der Waals surface area contributed by atoms with Crippen LogP contribution in [-0.2, 0) is 17.6 Å². The van der Waals surface area contributed by atoms with Gasteiger partial charge in [0.05, 0.1) is 10.2 Å². The lowest BCUT2D eigenvalue weighted by molar-refractivity contribution is -0.384. The number of nitro benzene ring substituents is 1. The highest BCUT2D eigenvalue weighted by Crippen LogP contribution is 2.40. The molecule has 9 heteroatoms. The number of carbonyl (C=O) groups is 1. The fourth-order valence-electron chi connectivity index (χ4n) is 3.28. The molecule has 2 heterocycles. The second kappa shape index (κ2) is 7.84. The molecule has 1 unspecified atom stereocenters. The molecule has 0 spiro atoms. The van der Waals surface area contributed by atoms with Gasteiger partial charge in [-0.2, -0.15) is 0 Å². The largest absolute Gasteiger partial charge is 0.325 e. The average molecular weight is 415 g/mol. The molecule has 0 saturated heterocycles. The monoisotopic (exact) mass is 414 g/mol. The maximum absolute atomic E-state index is 12.6. The van der Waals surface area contributed by atoms with Crippen molar-refractivity contribution in [3.05, 3.63) is 51.1 Å². The lowest BCUT2D eigenvalue weighted by Crippen LogP contribution is -2.22. The fraction of sp³-hybridized carbons (Fsp3) is 0.316. The van der Waals surface area contributed by atoms with Gasteiger partial charge in [-0.1, -0.05) is 11.8 Å². The van der Waals surface area contributed by atoms with Gasteiger partial charge in [0.15, 0.2) is 0 Å². The van der Waals surface area contributed by atoms with E-state index < -0.39 is 4.92 Å². The van der Waals surface area contributed by atoms with Crippen LogP contribution >= 0.6 is 23.1 Å². The van der Waals surface area contributed by atoms with Gasteiger partial charge in [0.25, 0.3) is 5.69 Å². The van der Waals surface area contributed by atoms with Gasteiger partial charge in [-0.05, 0) is 50.3 Å². The Morgan fingerprint density at radius 3 is 2.75 bits per heavy atom. The molecule has 0 radical (unpaired) electrons. The quantitative estimate of drug-likeness (QED) is 0.284. The van der Waals surface area contributed by atoms with Crippen LogP contribution in [-0.4, -0.2) is 26.0 Å². The lowest BCUT2D eigenvalue weighted by atomic mass is 9.97. The van der Waals surface area contributed by atoms with Gasteiger partial charge in [0, 0.05) is 28.1 Å². The van der Waals surface area contributed by atoms with Crippen LogP contribution in [0.4, 0.5) is 11.4 Å². The van der Waals surface area contributed by atoms with Crippen molar-refractivity contribution in [1.82, 2.24) is 9.97 Å². The number of nitrogens with zero attached hydrogens (tertiary/aromatic N) is 3. The van der Waals surface area contributed by atoms with Gasteiger partial charge in [0.1, 0.15) is 16.2 Å². The number of thiophene rings is 1. The first kappa shape index (κ1) is 18.8. The normalized spacial score (nSPS) is 14.5. The van der Waals surface area contributed by atoms with Gasteiger partial charge in [-0.25, -0.2) is 9.97 Å². The Balaban J connectivity index is 1.51. The van der Waals surface area contributed by atoms with Gasteiger partial charge in [-0.15, -0.1) is 11.3 Å². The van der Waals surface area contributed by atoms with Gasteiger partial charge in [-0.3, -0.25) is 14.9 Å². The van der Waals surface area contributed by atoms with Crippen molar-refractivity contribution < 1.29 is 9.72 Å². The van der Waals surface area contributed by atoms with E-state index in [1.165, 1.54) is 59.3 Å². The van der Waals surface area contributed by atoms with Crippen molar-refractivity contribution in [2.45, 2.75) is 42.9 Å². The first-order valence-corrected chi connectivity index (χ1v) is 10.7. The molecule has 1 N–H and O–H groups in total. The predicted octanol–water partition coefficient (Wildman–Crippen LogP) is 4.60. The van der Waals surface area contributed by atoms with Crippen molar-refractivity contribution in [2.75, 3.05) is 5.32 Å². The number of nitro groups is 1. The number of fused-ring (bicyclic) bond motifs is 3. The topological polar surface area (TPSA) is 98.0 Å². The minimum Gasteiger partial charge on any atom is -0.325 e. The summed E-state index contributed by atoms with van der Waals surface area (Å²) in [6.07, 6.45) is 6.08. The van der Waals surface area contributed by atoms with Crippen LogP contribution in [0.25, 0.3) is 10.2 Å². The minimum absolute atomic E-state index is 0.00830. The van der Waals surface area contributed by atoms with Crippen LogP contribution in [0.5, 0.6) is 0 Å². The fourth-order valence-corrected chi connectivity index (χ4v) is 5.52. The third-order valence-electron chi connectivity index (χ3n) is 4.72. The molecule has 1 atom stereocenters. The van der Waals surface area contributed by atoms with Crippen molar-refractivity contribution in [3.63, 3.8) is 0 Å². The zero-order valence-electron chi connectivity index (χ0n) is 15.2. The smallest absolute Gasteiger partial charge is 0.269 e. The maximum atomic E-state index is 12.6. The number of thioether (sulfide) groups is 1. The first-order valence-electron chi connectivity index (χ1n) is 9.00. The molecule has 0 fully saturated rings. The Morgan fingerprint density at radius 2 is 2.00 bits per heavy atom. The molecule has 1 aliphatic carbocycles. The number of carbonyl (C=O) groups excluding carboxylic acids is 1. The zero-order valence-corrected chi connectivity index (χ0v) is 16.8. The van der Waals surface area contributed by atoms with E-state index >= 15 is 0 Å². The van der Waals surface area contributed by atoms with E-state index in [4.69, 9.17) is 0 Å². The molecule has 1 aliphatic rings. The summed E-state index contributed by atoms with van der Waals surface area (Å²) in [5.74, 6) is -0.172. The highest BCUT2D eigenvalue weighted by Gasteiger charge is 2.23. The second-order valence-electron chi connectivity index (χ2n) is 6.62. The summed E-state index contributed by atoms with van der Waals surface area (Å²) < 4.78 is 0. The summed E-state index contributed by atoms with van der Waals surface area (Å²) in [4.78, 5) is 34.1. The number of hydrogen-bond acceptors (Lipinski definition) is 7. The predicted molar refractivity (Wildman–Crippen MR) is 111 cm³/mol. The van der Waals surface area contributed by atoms with E-state index in [0.717, 1.165) is 28.1 Å². The Hall–Kier alpha value is -2.52. The highest BCUT2D eigenvalue weighted by molar-refractivity contribution is 8.00. The van der Waals surface area contributed by atoms with Crippen LogP contribution in [0.2, 0.25) is 0 Å². The number of rotatable bonds is 5. The van der Waals surface area contributed by atoms with Gasteiger partial charge >= 0.3 is 0 Å². The van der Waals surface area contributed by atoms with E-state index in [9.17, 15) is 14.9 Å². The van der Waals surface area contributed by atoms with Crippen LogP contribution in [0, 0.1) is 10.1 Å². The molecular weight excluding hydrogens is 396 g/mol. The van der Waals surface area contributed by atoms with E-state index in [-0.39, 0.29) is 16.8 Å². The minimum atomic E-state index is -0.466. The maximum Gasteiger partial charge on any atom is 0.269 e. The number of anilines is 1. The summed E-state index contributed by atoms with van der Waals surface area (Å²) in [5.41, 5.74) is 1.87. The number of non-ortho nitro benzene ring substituents is 1. The lowest BCUT2D eigenvalue weighted by Gasteiger charge is -2.14. The standard InChI is InChI=1S/C19H18N4O3S2/c1-11(17(24)22-12-6-8-13(9-7-12)23(25)26)27-18-16-14-4-2-3-5-15(14)28-19(16)21-10-20-18/h6-11H,2-5H2,1H3,(H,22,24). The average Bonchev–Trinajstić information content (AvgIpc) is 3.08. The highest BCUT2D eigenvalue weighted by atomic mass is 32.2. The van der Waals surface area contributed by atoms with Crippen LogP contribution < -0.4 is 5.32 Å². The van der Waals surface area contributed by atoms with Crippen molar-refractivity contribution in [1.29, 1.82) is 0 Å². The summed E-state index contributed by atoms with van der Waals surface area (Å²) in [7, 11) is 0. The van der Waals surface area contributed by atoms with Gasteiger partial charge in [0.2, 0.25) is 5.91 Å². The third kappa shape index (κ3) is 3.72. The molecular formula is C19H18N4O3S2. The summed E-state index contributed by atoms with van der Waals surface area (Å²) in [6, 6.07) is 5.81. The molecule has 1 amide bonds. The van der Waals surface area contributed by atoms with Crippen molar-refractivity contribution in [2.24, 2.45) is 0 Å².